The highest BCUT2D eigenvalue weighted by Crippen LogP contribution is 2.17. The molecule has 3 heterocycles. The smallest absolute Gasteiger partial charge is 0.317 e. The van der Waals surface area contributed by atoms with Gasteiger partial charge in [0.05, 0.1) is 6.04 Å². The second-order valence-corrected chi connectivity index (χ2v) is 5.37. The molecule has 0 aromatic heterocycles. The highest BCUT2D eigenvalue weighted by molar-refractivity contribution is 5.85. The molecule has 3 rings (SSSR count). The van der Waals surface area contributed by atoms with Gasteiger partial charge in [-0.3, -0.25) is 4.79 Å². The van der Waals surface area contributed by atoms with E-state index in [1.807, 2.05) is 9.80 Å². The first kappa shape index (κ1) is 14.4. The second-order valence-electron chi connectivity index (χ2n) is 5.37. The van der Waals surface area contributed by atoms with Crippen LogP contribution in [0.15, 0.2) is 0 Å². The van der Waals surface area contributed by atoms with Gasteiger partial charge < -0.3 is 20.4 Å². The van der Waals surface area contributed by atoms with Crippen molar-refractivity contribution in [3.63, 3.8) is 0 Å². The second kappa shape index (κ2) is 5.96. The standard InChI is InChI=1S/C12H20N4O2.ClH/c17-11(6-9-2-1-3-13-9)15-4-5-16-10(8-15)7-14-12(16)18;/h9-10,13H,1-8H2,(H,14,18);1H. The Bertz CT molecular complexity index is 360. The number of piperazine rings is 1. The quantitative estimate of drug-likeness (QED) is 0.739. The molecule has 108 valence electrons. The minimum absolute atomic E-state index is 0. The lowest BCUT2D eigenvalue weighted by molar-refractivity contribution is -0.133. The lowest BCUT2D eigenvalue weighted by Gasteiger charge is -2.36. The number of carbonyl (C=O) groups excluding carboxylic acids is 2. The van der Waals surface area contributed by atoms with Crippen LogP contribution >= 0.6 is 12.4 Å². The van der Waals surface area contributed by atoms with Gasteiger partial charge in [-0.2, -0.15) is 0 Å². The lowest BCUT2D eigenvalue weighted by Crippen LogP contribution is -2.54. The van der Waals surface area contributed by atoms with Crippen LogP contribution in [-0.4, -0.2) is 66.5 Å². The normalized spacial score (nSPS) is 29.8. The van der Waals surface area contributed by atoms with E-state index in [1.54, 1.807) is 0 Å². The number of fused-ring (bicyclic) bond motifs is 1. The molecule has 7 heteroatoms. The predicted molar refractivity (Wildman–Crippen MR) is 73.4 cm³/mol. The molecule has 3 fully saturated rings. The number of amides is 3. The Hall–Kier alpha value is -1.01. The number of hydrogen-bond donors (Lipinski definition) is 2. The van der Waals surface area contributed by atoms with Crippen LogP contribution in [0.2, 0.25) is 0 Å². The summed E-state index contributed by atoms with van der Waals surface area (Å²) in [5, 5.41) is 6.19. The van der Waals surface area contributed by atoms with E-state index in [0.717, 1.165) is 13.0 Å². The van der Waals surface area contributed by atoms with Crippen LogP contribution in [0.3, 0.4) is 0 Å². The number of halogens is 1. The molecular formula is C12H21ClN4O2. The first-order valence-corrected chi connectivity index (χ1v) is 6.79. The number of hydrogen-bond acceptors (Lipinski definition) is 3. The fourth-order valence-electron chi connectivity index (χ4n) is 3.10. The van der Waals surface area contributed by atoms with E-state index in [1.165, 1.54) is 6.42 Å². The minimum atomic E-state index is 0. The molecule has 0 bridgehead atoms. The maximum Gasteiger partial charge on any atom is 0.317 e. The van der Waals surface area contributed by atoms with Gasteiger partial charge in [0.15, 0.2) is 0 Å². The average molecular weight is 289 g/mol. The minimum Gasteiger partial charge on any atom is -0.339 e. The Morgan fingerprint density at radius 2 is 2.21 bits per heavy atom. The SMILES string of the molecule is Cl.O=C(CC1CCCN1)N1CCN2C(=O)NCC2C1. The van der Waals surface area contributed by atoms with Gasteiger partial charge in [-0.05, 0) is 19.4 Å². The summed E-state index contributed by atoms with van der Waals surface area (Å²) in [4.78, 5) is 27.4. The molecule has 0 aliphatic carbocycles. The fourth-order valence-corrected chi connectivity index (χ4v) is 3.10. The Labute approximate surface area is 119 Å². The molecule has 0 saturated carbocycles. The number of urea groups is 1. The van der Waals surface area contributed by atoms with Gasteiger partial charge in [0.2, 0.25) is 5.91 Å². The number of nitrogens with zero attached hydrogens (tertiary/aromatic N) is 2. The van der Waals surface area contributed by atoms with E-state index >= 15 is 0 Å². The first-order chi connectivity index (χ1) is 8.74. The van der Waals surface area contributed by atoms with Crippen LogP contribution in [0, 0.1) is 0 Å². The van der Waals surface area contributed by atoms with Crippen LogP contribution in [0.25, 0.3) is 0 Å². The Morgan fingerprint density at radius 1 is 1.37 bits per heavy atom. The summed E-state index contributed by atoms with van der Waals surface area (Å²) in [5.41, 5.74) is 0. The van der Waals surface area contributed by atoms with Crippen LogP contribution in [0.5, 0.6) is 0 Å². The first-order valence-electron chi connectivity index (χ1n) is 6.79. The van der Waals surface area contributed by atoms with Crippen LogP contribution in [0.4, 0.5) is 4.79 Å². The predicted octanol–water partition coefficient (Wildman–Crippen LogP) is -0.214. The van der Waals surface area contributed by atoms with E-state index < -0.39 is 0 Å². The van der Waals surface area contributed by atoms with E-state index in [9.17, 15) is 9.59 Å². The van der Waals surface area contributed by atoms with Gasteiger partial charge in [-0.25, -0.2) is 4.79 Å². The summed E-state index contributed by atoms with van der Waals surface area (Å²) >= 11 is 0. The van der Waals surface area contributed by atoms with Crippen molar-refractivity contribution in [3.8, 4) is 0 Å². The molecule has 3 saturated heterocycles. The summed E-state index contributed by atoms with van der Waals surface area (Å²) < 4.78 is 0. The molecule has 2 atom stereocenters. The van der Waals surface area contributed by atoms with Crippen molar-refractivity contribution in [2.24, 2.45) is 0 Å². The van der Waals surface area contributed by atoms with Gasteiger partial charge in [-0.1, -0.05) is 0 Å². The van der Waals surface area contributed by atoms with Crippen LogP contribution < -0.4 is 10.6 Å². The van der Waals surface area contributed by atoms with E-state index in [-0.39, 0.29) is 30.4 Å². The van der Waals surface area contributed by atoms with Gasteiger partial charge in [-0.15, -0.1) is 12.4 Å². The third-order valence-corrected chi connectivity index (χ3v) is 4.17. The average Bonchev–Trinajstić information content (AvgIpc) is 2.99. The Morgan fingerprint density at radius 3 is 2.95 bits per heavy atom. The van der Waals surface area contributed by atoms with E-state index in [2.05, 4.69) is 10.6 Å². The zero-order chi connectivity index (χ0) is 12.5. The van der Waals surface area contributed by atoms with Crippen molar-refractivity contribution in [2.75, 3.05) is 32.7 Å². The molecule has 3 aliphatic rings. The lowest BCUT2D eigenvalue weighted by atomic mass is 10.1. The monoisotopic (exact) mass is 288 g/mol. The third-order valence-electron chi connectivity index (χ3n) is 4.17. The van der Waals surface area contributed by atoms with Crippen molar-refractivity contribution in [1.29, 1.82) is 0 Å². The molecule has 2 unspecified atom stereocenters. The van der Waals surface area contributed by atoms with E-state index in [0.29, 0.717) is 38.6 Å². The zero-order valence-corrected chi connectivity index (χ0v) is 11.7. The van der Waals surface area contributed by atoms with E-state index in [4.69, 9.17) is 0 Å². The van der Waals surface area contributed by atoms with Crippen LogP contribution in [-0.2, 0) is 4.79 Å². The number of carbonyl (C=O) groups is 2. The summed E-state index contributed by atoms with van der Waals surface area (Å²) in [6, 6.07) is 0.551. The topological polar surface area (TPSA) is 64.7 Å². The molecule has 0 radical (unpaired) electrons. The van der Waals surface area contributed by atoms with Gasteiger partial charge in [0, 0.05) is 38.6 Å². The maximum atomic E-state index is 12.2. The molecular weight excluding hydrogens is 268 g/mol. The number of rotatable bonds is 2. The molecule has 3 amide bonds. The van der Waals surface area contributed by atoms with Crippen molar-refractivity contribution in [1.82, 2.24) is 20.4 Å². The van der Waals surface area contributed by atoms with Gasteiger partial charge in [0.25, 0.3) is 0 Å². The summed E-state index contributed by atoms with van der Waals surface area (Å²) in [7, 11) is 0. The highest BCUT2D eigenvalue weighted by Gasteiger charge is 2.37. The summed E-state index contributed by atoms with van der Waals surface area (Å²) in [5.74, 6) is 0.230. The Balaban J connectivity index is 0.00000133. The Kier molecular flexibility index (Phi) is 4.52. The maximum absolute atomic E-state index is 12.2. The molecule has 6 nitrogen and oxygen atoms in total. The van der Waals surface area contributed by atoms with Crippen molar-refractivity contribution < 1.29 is 9.59 Å². The molecule has 0 aromatic rings. The van der Waals surface area contributed by atoms with Crippen molar-refractivity contribution >= 4 is 24.3 Å². The molecule has 0 spiro atoms. The number of nitrogens with one attached hydrogen (secondary N) is 2. The highest BCUT2D eigenvalue weighted by atomic mass is 35.5. The largest absolute Gasteiger partial charge is 0.339 e. The van der Waals surface area contributed by atoms with Crippen LogP contribution in [0.1, 0.15) is 19.3 Å². The molecule has 19 heavy (non-hydrogen) atoms. The summed E-state index contributed by atoms with van der Waals surface area (Å²) in [6.07, 6.45) is 2.88. The molecule has 3 aliphatic heterocycles. The molecule has 2 N–H and O–H groups in total. The third kappa shape index (κ3) is 2.95. The molecule has 0 aromatic carbocycles. The zero-order valence-electron chi connectivity index (χ0n) is 10.9. The summed E-state index contributed by atoms with van der Waals surface area (Å²) in [6.45, 7) is 3.73. The van der Waals surface area contributed by atoms with Crippen molar-refractivity contribution in [3.05, 3.63) is 0 Å². The fraction of sp³-hybridized carbons (Fsp3) is 0.833. The van der Waals surface area contributed by atoms with Crippen molar-refractivity contribution in [2.45, 2.75) is 31.3 Å². The van der Waals surface area contributed by atoms with Gasteiger partial charge >= 0.3 is 6.03 Å². The van der Waals surface area contributed by atoms with Gasteiger partial charge in [0.1, 0.15) is 0 Å².